The lowest BCUT2D eigenvalue weighted by atomic mass is 10.0. The van der Waals surface area contributed by atoms with Crippen molar-refractivity contribution in [1.29, 1.82) is 0 Å². The highest BCUT2D eigenvalue weighted by molar-refractivity contribution is 5.96. The van der Waals surface area contributed by atoms with Gasteiger partial charge in [-0.2, -0.15) is 5.10 Å². The van der Waals surface area contributed by atoms with Crippen LogP contribution in [0.5, 0.6) is 0 Å². The first-order valence-corrected chi connectivity index (χ1v) is 8.35. The number of nitrogens with zero attached hydrogens (tertiary/aromatic N) is 4. The van der Waals surface area contributed by atoms with Crippen LogP contribution in [0.15, 0.2) is 24.5 Å². The molecule has 2 aromatic rings. The van der Waals surface area contributed by atoms with E-state index in [1.165, 1.54) is 18.8 Å². The minimum Gasteiger partial charge on any atom is -0.334 e. The van der Waals surface area contributed by atoms with Crippen molar-refractivity contribution in [2.75, 3.05) is 11.9 Å². The Kier molecular flexibility index (Phi) is 4.32. The van der Waals surface area contributed by atoms with Crippen molar-refractivity contribution in [3.8, 4) is 0 Å². The zero-order valence-electron chi connectivity index (χ0n) is 15.0. The minimum atomic E-state index is -0.214. The fourth-order valence-corrected chi connectivity index (χ4v) is 3.08. The average Bonchev–Trinajstić information content (AvgIpc) is 2.97. The van der Waals surface area contributed by atoms with E-state index in [2.05, 4.69) is 36.2 Å². The second kappa shape index (κ2) is 6.31. The fourth-order valence-electron chi connectivity index (χ4n) is 3.08. The maximum atomic E-state index is 12.8. The molecule has 7 heteroatoms. The van der Waals surface area contributed by atoms with Gasteiger partial charge >= 0.3 is 0 Å². The van der Waals surface area contributed by atoms with Crippen LogP contribution in [0, 0.1) is 0 Å². The van der Waals surface area contributed by atoms with Gasteiger partial charge in [-0.25, -0.2) is 4.98 Å². The summed E-state index contributed by atoms with van der Waals surface area (Å²) in [4.78, 5) is 29.8. The van der Waals surface area contributed by atoms with Gasteiger partial charge in [-0.3, -0.25) is 14.3 Å². The first-order chi connectivity index (χ1) is 11.8. The highest BCUT2D eigenvalue weighted by atomic mass is 16.2. The first kappa shape index (κ1) is 17.1. The van der Waals surface area contributed by atoms with E-state index in [0.717, 1.165) is 12.0 Å². The van der Waals surface area contributed by atoms with Gasteiger partial charge in [0.15, 0.2) is 0 Å². The molecule has 2 aromatic heterocycles. The molecule has 1 N–H and O–H groups in total. The summed E-state index contributed by atoms with van der Waals surface area (Å²) in [6, 6.07) is 3.28. The summed E-state index contributed by atoms with van der Waals surface area (Å²) < 4.78 is 2.05. The molecule has 3 heterocycles. The molecule has 1 aliphatic rings. The van der Waals surface area contributed by atoms with Crippen LogP contribution in [0.2, 0.25) is 0 Å². The smallest absolute Gasteiger partial charge is 0.254 e. The number of anilines is 1. The molecule has 0 unspecified atom stereocenters. The van der Waals surface area contributed by atoms with Gasteiger partial charge in [0.05, 0.1) is 11.7 Å². The van der Waals surface area contributed by atoms with Gasteiger partial charge in [-0.05, 0) is 32.9 Å². The quantitative estimate of drug-likeness (QED) is 0.908. The van der Waals surface area contributed by atoms with E-state index < -0.39 is 0 Å². The van der Waals surface area contributed by atoms with Gasteiger partial charge in [0.1, 0.15) is 5.82 Å². The van der Waals surface area contributed by atoms with Crippen LogP contribution in [-0.2, 0) is 23.3 Å². The molecule has 0 radical (unpaired) electrons. The molecular weight excluding hydrogens is 318 g/mol. The van der Waals surface area contributed by atoms with E-state index in [0.29, 0.717) is 24.5 Å². The Morgan fingerprint density at radius 3 is 2.72 bits per heavy atom. The van der Waals surface area contributed by atoms with Crippen LogP contribution >= 0.6 is 0 Å². The predicted molar refractivity (Wildman–Crippen MR) is 94.2 cm³/mol. The number of carbonyl (C=O) groups excluding carboxylic acids is 2. The van der Waals surface area contributed by atoms with E-state index in [1.807, 2.05) is 15.8 Å². The summed E-state index contributed by atoms with van der Waals surface area (Å²) in [6.45, 7) is 8.97. The third-order valence-electron chi connectivity index (χ3n) is 4.17. The van der Waals surface area contributed by atoms with Crippen LogP contribution in [-0.4, -0.2) is 38.0 Å². The molecule has 3 rings (SSSR count). The van der Waals surface area contributed by atoms with E-state index in [-0.39, 0.29) is 17.4 Å². The third kappa shape index (κ3) is 3.55. The van der Waals surface area contributed by atoms with Crippen molar-refractivity contribution in [2.24, 2.45) is 0 Å². The average molecular weight is 341 g/mol. The zero-order valence-corrected chi connectivity index (χ0v) is 15.0. The van der Waals surface area contributed by atoms with Crippen LogP contribution < -0.4 is 5.32 Å². The molecular formula is C18H23N5O2. The normalized spacial score (nSPS) is 14.2. The van der Waals surface area contributed by atoms with Crippen molar-refractivity contribution < 1.29 is 9.59 Å². The summed E-state index contributed by atoms with van der Waals surface area (Å²) in [5.41, 5.74) is 2.74. The molecule has 0 bridgehead atoms. The molecule has 132 valence electrons. The lowest BCUT2D eigenvalue weighted by molar-refractivity contribution is -0.114. The number of rotatable bonds is 2. The largest absolute Gasteiger partial charge is 0.334 e. The zero-order chi connectivity index (χ0) is 18.2. The van der Waals surface area contributed by atoms with Gasteiger partial charge in [-0.15, -0.1) is 0 Å². The Hall–Kier alpha value is -2.70. The van der Waals surface area contributed by atoms with Gasteiger partial charge in [-0.1, -0.05) is 0 Å². The Morgan fingerprint density at radius 2 is 2.04 bits per heavy atom. The number of carbonyl (C=O) groups is 2. The maximum Gasteiger partial charge on any atom is 0.254 e. The van der Waals surface area contributed by atoms with E-state index in [1.54, 1.807) is 12.1 Å². The predicted octanol–water partition coefficient (Wildman–Crippen LogP) is 2.19. The molecule has 0 aromatic carbocycles. The minimum absolute atomic E-state index is 0.0665. The fraction of sp³-hybridized carbons (Fsp3) is 0.444. The summed E-state index contributed by atoms with van der Waals surface area (Å²) in [5.74, 6) is 0.106. The number of fused-ring (bicyclic) bond motifs is 1. The number of aromatic nitrogens is 3. The van der Waals surface area contributed by atoms with Gasteiger partial charge < -0.3 is 10.2 Å². The number of hydrogen-bond acceptors (Lipinski definition) is 4. The molecule has 0 aliphatic carbocycles. The summed E-state index contributed by atoms with van der Waals surface area (Å²) in [7, 11) is 0. The number of hydrogen-bond donors (Lipinski definition) is 1. The summed E-state index contributed by atoms with van der Waals surface area (Å²) >= 11 is 0. The highest BCUT2D eigenvalue weighted by Gasteiger charge is 2.28. The van der Waals surface area contributed by atoms with Gasteiger partial charge in [0.2, 0.25) is 5.91 Å². The lowest BCUT2D eigenvalue weighted by Crippen LogP contribution is -2.37. The Bertz CT molecular complexity index is 819. The first-order valence-electron chi connectivity index (χ1n) is 8.35. The Balaban J connectivity index is 1.79. The number of amides is 2. The molecule has 25 heavy (non-hydrogen) atoms. The molecule has 7 nitrogen and oxygen atoms in total. The van der Waals surface area contributed by atoms with Gasteiger partial charge in [0.25, 0.3) is 5.91 Å². The third-order valence-corrected chi connectivity index (χ3v) is 4.17. The topological polar surface area (TPSA) is 80.1 Å². The van der Waals surface area contributed by atoms with Crippen molar-refractivity contribution in [3.63, 3.8) is 0 Å². The van der Waals surface area contributed by atoms with Crippen LogP contribution in [0.3, 0.4) is 0 Å². The molecule has 1 aliphatic heterocycles. The SMILES string of the molecule is CC(=O)Nc1cc(C(=O)N2CCc3c(cnn3C(C)(C)C)C2)ccn1. The lowest BCUT2D eigenvalue weighted by Gasteiger charge is -2.30. The summed E-state index contributed by atoms with van der Waals surface area (Å²) in [5, 5.41) is 7.11. The van der Waals surface area contributed by atoms with Crippen LogP contribution in [0.1, 0.15) is 49.3 Å². The summed E-state index contributed by atoms with van der Waals surface area (Å²) in [6.07, 6.45) is 4.17. The van der Waals surface area contributed by atoms with Crippen molar-refractivity contribution in [3.05, 3.63) is 41.3 Å². The second-order valence-electron chi connectivity index (χ2n) is 7.29. The van der Waals surface area contributed by atoms with Crippen molar-refractivity contribution in [2.45, 2.75) is 46.2 Å². The molecule has 0 spiro atoms. The monoisotopic (exact) mass is 341 g/mol. The van der Waals surface area contributed by atoms with Crippen molar-refractivity contribution >= 4 is 17.6 Å². The Labute approximate surface area is 147 Å². The van der Waals surface area contributed by atoms with Gasteiger partial charge in [0, 0.05) is 49.5 Å². The number of nitrogens with one attached hydrogen (secondary N) is 1. The molecule has 0 atom stereocenters. The Morgan fingerprint density at radius 1 is 1.28 bits per heavy atom. The van der Waals surface area contributed by atoms with Crippen LogP contribution in [0.4, 0.5) is 5.82 Å². The highest BCUT2D eigenvalue weighted by Crippen LogP contribution is 2.25. The second-order valence-corrected chi connectivity index (χ2v) is 7.29. The van der Waals surface area contributed by atoms with Crippen molar-refractivity contribution in [1.82, 2.24) is 19.7 Å². The van der Waals surface area contributed by atoms with E-state index in [4.69, 9.17) is 0 Å². The molecule has 2 amide bonds. The maximum absolute atomic E-state index is 12.8. The molecule has 0 saturated carbocycles. The molecule has 0 saturated heterocycles. The molecule has 0 fully saturated rings. The standard InChI is InChI=1S/C18H23N5O2/c1-12(24)21-16-9-13(5-7-19-16)17(25)22-8-6-15-14(11-22)10-20-23(15)18(2,3)4/h5,7,9-10H,6,8,11H2,1-4H3,(H,19,21,24). The van der Waals surface area contributed by atoms with Crippen LogP contribution in [0.25, 0.3) is 0 Å². The van der Waals surface area contributed by atoms with E-state index in [9.17, 15) is 9.59 Å². The number of pyridine rings is 1. The van der Waals surface area contributed by atoms with E-state index >= 15 is 0 Å².